The van der Waals surface area contributed by atoms with E-state index in [4.69, 9.17) is 10.5 Å². The SMILES string of the molecule is NC(=O)c1cc2n(n1)CCCO2. The van der Waals surface area contributed by atoms with Crippen molar-refractivity contribution >= 4 is 5.91 Å². The summed E-state index contributed by atoms with van der Waals surface area (Å²) in [7, 11) is 0. The predicted molar refractivity (Wildman–Crippen MR) is 40.9 cm³/mol. The molecule has 1 aliphatic heterocycles. The van der Waals surface area contributed by atoms with E-state index in [1.54, 1.807) is 10.7 Å². The van der Waals surface area contributed by atoms with Crippen LogP contribution >= 0.6 is 0 Å². The zero-order chi connectivity index (χ0) is 8.55. The first-order valence-electron chi connectivity index (χ1n) is 3.78. The van der Waals surface area contributed by atoms with Crippen molar-refractivity contribution in [1.29, 1.82) is 0 Å². The molecule has 0 spiro atoms. The van der Waals surface area contributed by atoms with Crippen molar-refractivity contribution in [3.8, 4) is 5.88 Å². The van der Waals surface area contributed by atoms with Gasteiger partial charge < -0.3 is 10.5 Å². The van der Waals surface area contributed by atoms with Crippen molar-refractivity contribution < 1.29 is 9.53 Å². The van der Waals surface area contributed by atoms with Gasteiger partial charge in [0.2, 0.25) is 5.88 Å². The van der Waals surface area contributed by atoms with Crippen molar-refractivity contribution in [3.63, 3.8) is 0 Å². The number of aromatic nitrogens is 2. The summed E-state index contributed by atoms with van der Waals surface area (Å²) in [6.45, 7) is 1.48. The van der Waals surface area contributed by atoms with Gasteiger partial charge in [-0.2, -0.15) is 5.10 Å². The van der Waals surface area contributed by atoms with Gasteiger partial charge >= 0.3 is 0 Å². The largest absolute Gasteiger partial charge is 0.478 e. The van der Waals surface area contributed by atoms with Crippen LogP contribution in [0.2, 0.25) is 0 Å². The molecule has 5 heteroatoms. The summed E-state index contributed by atoms with van der Waals surface area (Å²) in [5.41, 5.74) is 5.33. The van der Waals surface area contributed by atoms with E-state index in [1.165, 1.54) is 0 Å². The molecule has 1 aromatic rings. The predicted octanol–water partition coefficient (Wildman–Crippen LogP) is -0.236. The van der Waals surface area contributed by atoms with Crippen molar-refractivity contribution in [2.75, 3.05) is 6.61 Å². The number of aryl methyl sites for hydroxylation is 1. The summed E-state index contributed by atoms with van der Waals surface area (Å²) >= 11 is 0. The first-order valence-corrected chi connectivity index (χ1v) is 3.78. The van der Waals surface area contributed by atoms with Gasteiger partial charge in [0.05, 0.1) is 6.61 Å². The molecule has 0 bridgehead atoms. The standard InChI is InChI=1S/C7H9N3O2/c8-7(11)5-4-6-10(9-5)2-1-3-12-6/h4H,1-3H2,(H2,8,11). The van der Waals surface area contributed by atoms with Crippen molar-refractivity contribution in [2.24, 2.45) is 5.73 Å². The highest BCUT2D eigenvalue weighted by Gasteiger charge is 2.15. The molecule has 0 atom stereocenters. The number of fused-ring (bicyclic) bond motifs is 1. The number of nitrogens with zero attached hydrogens (tertiary/aromatic N) is 2. The normalized spacial score (nSPS) is 15.0. The lowest BCUT2D eigenvalue weighted by Gasteiger charge is -2.13. The lowest BCUT2D eigenvalue weighted by molar-refractivity contribution is 0.0994. The third-order valence-electron chi connectivity index (χ3n) is 1.76. The highest BCUT2D eigenvalue weighted by molar-refractivity contribution is 5.91. The zero-order valence-corrected chi connectivity index (χ0v) is 6.49. The molecule has 0 aromatic carbocycles. The molecular formula is C7H9N3O2. The average molecular weight is 167 g/mol. The van der Waals surface area contributed by atoms with Gasteiger partial charge in [-0.25, -0.2) is 4.68 Å². The van der Waals surface area contributed by atoms with E-state index in [9.17, 15) is 4.79 Å². The molecule has 5 nitrogen and oxygen atoms in total. The number of rotatable bonds is 1. The van der Waals surface area contributed by atoms with Crippen LogP contribution in [0.4, 0.5) is 0 Å². The zero-order valence-electron chi connectivity index (χ0n) is 6.49. The molecule has 12 heavy (non-hydrogen) atoms. The van der Waals surface area contributed by atoms with Crippen LogP contribution in [0.1, 0.15) is 16.9 Å². The van der Waals surface area contributed by atoms with Gasteiger partial charge in [0.25, 0.3) is 5.91 Å². The fourth-order valence-electron chi connectivity index (χ4n) is 1.19. The molecule has 1 aromatic heterocycles. The third-order valence-corrected chi connectivity index (χ3v) is 1.76. The molecule has 64 valence electrons. The van der Waals surface area contributed by atoms with Gasteiger partial charge in [-0.05, 0) is 0 Å². The van der Waals surface area contributed by atoms with Crippen molar-refractivity contribution in [2.45, 2.75) is 13.0 Å². The molecule has 0 radical (unpaired) electrons. The third kappa shape index (κ3) is 1.03. The van der Waals surface area contributed by atoms with E-state index in [1.807, 2.05) is 0 Å². The van der Waals surface area contributed by atoms with Gasteiger partial charge in [-0.15, -0.1) is 0 Å². The van der Waals surface area contributed by atoms with Crippen LogP contribution in [0.15, 0.2) is 6.07 Å². The molecule has 2 heterocycles. The van der Waals surface area contributed by atoms with Crippen LogP contribution in [-0.4, -0.2) is 22.3 Å². The quantitative estimate of drug-likeness (QED) is 0.627. The topological polar surface area (TPSA) is 70.1 Å². The van der Waals surface area contributed by atoms with E-state index in [0.29, 0.717) is 12.5 Å². The minimum Gasteiger partial charge on any atom is -0.478 e. The molecule has 0 aliphatic carbocycles. The molecular weight excluding hydrogens is 158 g/mol. The number of amides is 1. The van der Waals surface area contributed by atoms with Crippen molar-refractivity contribution in [3.05, 3.63) is 11.8 Å². The number of nitrogens with two attached hydrogens (primary N) is 1. The Balaban J connectivity index is 2.38. The smallest absolute Gasteiger partial charge is 0.269 e. The second kappa shape index (κ2) is 2.51. The van der Waals surface area contributed by atoms with E-state index < -0.39 is 5.91 Å². The summed E-state index contributed by atoms with van der Waals surface area (Å²) in [6.07, 6.45) is 0.923. The van der Waals surface area contributed by atoms with Crippen LogP contribution in [0.25, 0.3) is 0 Å². The molecule has 1 amide bonds. The maximum Gasteiger partial charge on any atom is 0.269 e. The number of ether oxygens (including phenoxy) is 1. The number of primary amides is 1. The number of carbonyl (C=O) groups excluding carboxylic acids is 1. The van der Waals surface area contributed by atoms with E-state index in [-0.39, 0.29) is 5.69 Å². The fourth-order valence-corrected chi connectivity index (χ4v) is 1.19. The molecule has 2 N–H and O–H groups in total. The summed E-state index contributed by atoms with van der Waals surface area (Å²) in [4.78, 5) is 10.7. The second-order valence-electron chi connectivity index (χ2n) is 2.66. The molecule has 2 rings (SSSR count). The lowest BCUT2D eigenvalue weighted by Crippen LogP contribution is -2.15. The molecule has 0 unspecified atom stereocenters. The highest BCUT2D eigenvalue weighted by Crippen LogP contribution is 2.17. The Morgan fingerprint density at radius 3 is 3.25 bits per heavy atom. The van der Waals surface area contributed by atoms with Crippen LogP contribution < -0.4 is 10.5 Å². The molecule has 1 aliphatic rings. The Morgan fingerprint density at radius 2 is 2.58 bits per heavy atom. The molecule has 0 saturated carbocycles. The fraction of sp³-hybridized carbons (Fsp3) is 0.429. The first kappa shape index (κ1) is 7.15. The van der Waals surface area contributed by atoms with E-state index >= 15 is 0 Å². The second-order valence-corrected chi connectivity index (χ2v) is 2.66. The van der Waals surface area contributed by atoms with Crippen LogP contribution in [0, 0.1) is 0 Å². The summed E-state index contributed by atoms with van der Waals surface area (Å²) in [5, 5.41) is 3.97. The molecule has 0 fully saturated rings. The van der Waals surface area contributed by atoms with Gasteiger partial charge in [0.15, 0.2) is 5.69 Å². The maximum absolute atomic E-state index is 10.7. The Morgan fingerprint density at radius 1 is 1.75 bits per heavy atom. The van der Waals surface area contributed by atoms with Crippen molar-refractivity contribution in [1.82, 2.24) is 9.78 Å². The summed E-state index contributed by atoms with van der Waals surface area (Å²) in [6, 6.07) is 1.57. The van der Waals surface area contributed by atoms with Gasteiger partial charge in [-0.1, -0.05) is 0 Å². The number of hydrogen-bond acceptors (Lipinski definition) is 3. The monoisotopic (exact) mass is 167 g/mol. The Labute approximate surface area is 69.1 Å². The Hall–Kier alpha value is -1.52. The lowest BCUT2D eigenvalue weighted by atomic mass is 10.4. The van der Waals surface area contributed by atoms with E-state index in [0.717, 1.165) is 13.0 Å². The van der Waals surface area contributed by atoms with Crippen LogP contribution in [0.5, 0.6) is 5.88 Å². The highest BCUT2D eigenvalue weighted by atomic mass is 16.5. The first-order chi connectivity index (χ1) is 5.77. The van der Waals surface area contributed by atoms with Gasteiger partial charge in [-0.3, -0.25) is 4.79 Å². The summed E-state index contributed by atoms with van der Waals surface area (Å²) in [5.74, 6) is 0.121. The Kier molecular flexibility index (Phi) is 1.49. The minimum atomic E-state index is -0.513. The Bertz CT molecular complexity index is 295. The van der Waals surface area contributed by atoms with E-state index in [2.05, 4.69) is 5.10 Å². The van der Waals surface area contributed by atoms with Crippen LogP contribution in [-0.2, 0) is 6.54 Å². The number of hydrogen-bond donors (Lipinski definition) is 1. The summed E-state index contributed by atoms with van der Waals surface area (Å²) < 4.78 is 6.90. The molecule has 0 saturated heterocycles. The minimum absolute atomic E-state index is 0.270. The average Bonchev–Trinajstić information content (AvgIpc) is 2.46. The van der Waals surface area contributed by atoms with Gasteiger partial charge in [0.1, 0.15) is 0 Å². The number of carbonyl (C=O) groups is 1. The van der Waals surface area contributed by atoms with Gasteiger partial charge in [0, 0.05) is 19.0 Å². The maximum atomic E-state index is 10.7. The van der Waals surface area contributed by atoms with Crippen LogP contribution in [0.3, 0.4) is 0 Å².